The Bertz CT molecular complexity index is 587. The zero-order valence-corrected chi connectivity index (χ0v) is 10.7. The van der Waals surface area contributed by atoms with Crippen molar-refractivity contribution < 1.29 is 22.4 Å². The highest BCUT2D eigenvalue weighted by molar-refractivity contribution is 8.00. The molecule has 20 heavy (non-hydrogen) atoms. The molecule has 0 aliphatic heterocycles. The summed E-state index contributed by atoms with van der Waals surface area (Å²) in [5.41, 5.74) is -3.51. The van der Waals surface area contributed by atoms with Gasteiger partial charge in [0.15, 0.2) is 0 Å². The van der Waals surface area contributed by atoms with Gasteiger partial charge in [-0.3, -0.25) is 4.79 Å². The van der Waals surface area contributed by atoms with E-state index in [4.69, 9.17) is 4.42 Å². The molecule has 0 fully saturated rings. The topological polar surface area (TPSA) is 68.0 Å². The molecule has 2 rings (SSSR count). The third-order valence-electron chi connectivity index (χ3n) is 2.12. The normalized spacial score (nSPS) is 11.3. The number of anilines is 1. The second kappa shape index (κ2) is 5.95. The Kier molecular flexibility index (Phi) is 4.28. The highest BCUT2D eigenvalue weighted by Gasteiger charge is 2.29. The Balaban J connectivity index is 2.00. The van der Waals surface area contributed by atoms with Crippen LogP contribution in [0.3, 0.4) is 0 Å². The number of nitrogens with one attached hydrogen (secondary N) is 1. The van der Waals surface area contributed by atoms with Crippen LogP contribution in [-0.2, 0) is 4.79 Å². The number of benzene rings is 1. The predicted octanol–water partition coefficient (Wildman–Crippen LogP) is 2.93. The van der Waals surface area contributed by atoms with Gasteiger partial charge >= 0.3 is 5.51 Å². The summed E-state index contributed by atoms with van der Waals surface area (Å²) in [7, 11) is 0. The molecule has 1 heterocycles. The van der Waals surface area contributed by atoms with E-state index in [0.717, 1.165) is 6.39 Å². The summed E-state index contributed by atoms with van der Waals surface area (Å²) in [6.45, 7) is 0. The largest absolute Gasteiger partial charge is 0.442 e. The van der Waals surface area contributed by atoms with Gasteiger partial charge in [0.25, 0.3) is 0 Å². The molecule has 0 aliphatic rings. The monoisotopic (exact) mass is 303 g/mol. The minimum atomic E-state index is -4.43. The molecule has 0 saturated heterocycles. The number of aromatic nitrogens is 2. The highest BCUT2D eigenvalue weighted by Crippen LogP contribution is 2.30. The summed E-state index contributed by atoms with van der Waals surface area (Å²) in [6, 6.07) is 6.37. The maximum atomic E-state index is 12.0. The van der Waals surface area contributed by atoms with Crippen molar-refractivity contribution in [2.24, 2.45) is 0 Å². The fourth-order valence-electron chi connectivity index (χ4n) is 1.37. The van der Waals surface area contributed by atoms with Crippen molar-refractivity contribution in [3.63, 3.8) is 0 Å². The van der Waals surface area contributed by atoms with E-state index in [0.29, 0.717) is 11.3 Å². The molecule has 0 saturated carbocycles. The van der Waals surface area contributed by atoms with Crippen LogP contribution in [0.25, 0.3) is 11.5 Å². The Labute approximate surface area is 115 Å². The van der Waals surface area contributed by atoms with E-state index in [2.05, 4.69) is 15.5 Å². The van der Waals surface area contributed by atoms with Crippen molar-refractivity contribution in [3.05, 3.63) is 30.7 Å². The number of hydrogen-bond donors (Lipinski definition) is 1. The molecule has 0 radical (unpaired) electrons. The average molecular weight is 303 g/mol. The summed E-state index contributed by atoms with van der Waals surface area (Å²) >= 11 is -0.390. The number of amides is 1. The van der Waals surface area contributed by atoms with Gasteiger partial charge in [0.2, 0.25) is 18.2 Å². The lowest BCUT2D eigenvalue weighted by Crippen LogP contribution is -2.17. The second-order valence-corrected chi connectivity index (χ2v) is 4.65. The minimum absolute atomic E-state index is 0.255. The zero-order chi connectivity index (χ0) is 14.6. The molecule has 2 aromatic rings. The van der Waals surface area contributed by atoms with Gasteiger partial charge in [-0.1, -0.05) is 6.07 Å². The van der Waals surface area contributed by atoms with E-state index < -0.39 is 28.9 Å². The molecule has 1 aromatic heterocycles. The lowest BCUT2D eigenvalue weighted by Gasteiger charge is -2.07. The van der Waals surface area contributed by atoms with Crippen molar-refractivity contribution in [1.29, 1.82) is 0 Å². The van der Waals surface area contributed by atoms with Crippen LogP contribution < -0.4 is 5.32 Å². The predicted molar refractivity (Wildman–Crippen MR) is 66.9 cm³/mol. The lowest BCUT2D eigenvalue weighted by atomic mass is 10.2. The summed E-state index contributed by atoms with van der Waals surface area (Å²) in [5.74, 6) is -1.19. The van der Waals surface area contributed by atoms with Crippen LogP contribution in [0, 0.1) is 0 Å². The molecule has 0 atom stereocenters. The van der Waals surface area contributed by atoms with Gasteiger partial charge in [0.1, 0.15) is 0 Å². The molecular formula is C11H8F3N3O2S. The summed E-state index contributed by atoms with van der Waals surface area (Å²) in [5, 5.41) is 9.57. The smallest absolute Gasteiger partial charge is 0.423 e. The number of carbonyl (C=O) groups excluding carboxylic acids is 1. The Morgan fingerprint density at radius 2 is 2.20 bits per heavy atom. The van der Waals surface area contributed by atoms with E-state index >= 15 is 0 Å². The molecule has 1 amide bonds. The first kappa shape index (κ1) is 14.4. The van der Waals surface area contributed by atoms with E-state index in [-0.39, 0.29) is 5.89 Å². The van der Waals surface area contributed by atoms with E-state index in [1.165, 1.54) is 6.07 Å². The first-order valence-electron chi connectivity index (χ1n) is 5.31. The molecule has 106 valence electrons. The van der Waals surface area contributed by atoms with Gasteiger partial charge < -0.3 is 9.73 Å². The van der Waals surface area contributed by atoms with Gasteiger partial charge in [0, 0.05) is 11.3 Å². The molecule has 0 aliphatic carbocycles. The molecule has 1 N–H and O–H groups in total. The van der Waals surface area contributed by atoms with Crippen LogP contribution in [0.2, 0.25) is 0 Å². The number of nitrogens with zero attached hydrogens (tertiary/aromatic N) is 2. The standard InChI is InChI=1S/C11H8F3N3O2S/c12-11(13,14)20-5-9(18)16-8-3-1-2-7(4-8)10-17-15-6-19-10/h1-4,6H,5H2,(H,16,18). The van der Waals surface area contributed by atoms with E-state index in [1.54, 1.807) is 18.2 Å². The van der Waals surface area contributed by atoms with Crippen molar-refractivity contribution in [2.45, 2.75) is 5.51 Å². The van der Waals surface area contributed by atoms with Crippen molar-refractivity contribution in [1.82, 2.24) is 10.2 Å². The third kappa shape index (κ3) is 4.26. The summed E-state index contributed by atoms with van der Waals surface area (Å²) < 4.78 is 40.9. The molecule has 0 spiro atoms. The number of alkyl halides is 3. The van der Waals surface area contributed by atoms with Gasteiger partial charge in [0.05, 0.1) is 5.75 Å². The SMILES string of the molecule is O=C(CSC(F)(F)F)Nc1cccc(-c2nnco2)c1. The second-order valence-electron chi connectivity index (χ2n) is 3.61. The van der Waals surface area contributed by atoms with Gasteiger partial charge in [-0.05, 0) is 30.0 Å². The van der Waals surface area contributed by atoms with E-state index in [9.17, 15) is 18.0 Å². The van der Waals surface area contributed by atoms with Crippen LogP contribution in [0.5, 0.6) is 0 Å². The summed E-state index contributed by atoms with van der Waals surface area (Å²) in [6.07, 6.45) is 1.15. The zero-order valence-electron chi connectivity index (χ0n) is 9.85. The van der Waals surface area contributed by atoms with Gasteiger partial charge in [-0.2, -0.15) is 13.2 Å². The number of thioether (sulfide) groups is 1. The lowest BCUT2D eigenvalue weighted by molar-refractivity contribution is -0.114. The van der Waals surface area contributed by atoms with Crippen LogP contribution >= 0.6 is 11.8 Å². The highest BCUT2D eigenvalue weighted by atomic mass is 32.2. The molecular weight excluding hydrogens is 295 g/mol. The van der Waals surface area contributed by atoms with Crippen LogP contribution in [-0.4, -0.2) is 27.4 Å². The van der Waals surface area contributed by atoms with Crippen LogP contribution in [0.4, 0.5) is 18.9 Å². The fraction of sp³-hybridized carbons (Fsp3) is 0.182. The van der Waals surface area contributed by atoms with E-state index in [1.807, 2.05) is 0 Å². The number of halogens is 3. The maximum Gasteiger partial charge on any atom is 0.442 e. The fourth-order valence-corrected chi connectivity index (χ4v) is 1.74. The molecule has 0 bridgehead atoms. The number of rotatable bonds is 4. The van der Waals surface area contributed by atoms with Crippen LogP contribution in [0.15, 0.2) is 35.1 Å². The molecule has 9 heteroatoms. The number of carbonyl (C=O) groups is 1. The maximum absolute atomic E-state index is 12.0. The first-order chi connectivity index (χ1) is 9.44. The Morgan fingerprint density at radius 1 is 1.40 bits per heavy atom. The molecule has 1 aromatic carbocycles. The Hall–Kier alpha value is -2.03. The Morgan fingerprint density at radius 3 is 2.85 bits per heavy atom. The van der Waals surface area contributed by atoms with Crippen molar-refractivity contribution in [3.8, 4) is 11.5 Å². The minimum Gasteiger partial charge on any atom is -0.423 e. The average Bonchev–Trinajstić information content (AvgIpc) is 2.90. The quantitative estimate of drug-likeness (QED) is 0.940. The third-order valence-corrected chi connectivity index (χ3v) is 2.85. The molecule has 5 nitrogen and oxygen atoms in total. The molecule has 0 unspecified atom stereocenters. The van der Waals surface area contributed by atoms with Crippen molar-refractivity contribution in [2.75, 3.05) is 11.1 Å². The van der Waals surface area contributed by atoms with Crippen LogP contribution in [0.1, 0.15) is 0 Å². The number of hydrogen-bond acceptors (Lipinski definition) is 5. The van der Waals surface area contributed by atoms with Gasteiger partial charge in [-0.25, -0.2) is 0 Å². The summed E-state index contributed by atoms with van der Waals surface area (Å²) in [4.78, 5) is 11.4. The van der Waals surface area contributed by atoms with Gasteiger partial charge in [-0.15, -0.1) is 10.2 Å². The first-order valence-corrected chi connectivity index (χ1v) is 6.30. The van der Waals surface area contributed by atoms with Crippen molar-refractivity contribution >= 4 is 23.4 Å².